The van der Waals surface area contributed by atoms with E-state index in [9.17, 15) is 4.39 Å². The third-order valence-electron chi connectivity index (χ3n) is 4.13. The van der Waals surface area contributed by atoms with Gasteiger partial charge in [-0.05, 0) is 63.6 Å². The summed E-state index contributed by atoms with van der Waals surface area (Å²) >= 11 is 0. The van der Waals surface area contributed by atoms with Crippen molar-refractivity contribution in [1.82, 2.24) is 4.98 Å². The topological polar surface area (TPSA) is 25.4 Å². The summed E-state index contributed by atoms with van der Waals surface area (Å²) in [5, 5.41) is 0. The number of morpholine rings is 1. The van der Waals surface area contributed by atoms with Gasteiger partial charge in [-0.15, -0.1) is 0 Å². The van der Waals surface area contributed by atoms with Crippen molar-refractivity contribution in [2.75, 3.05) is 18.0 Å². The third kappa shape index (κ3) is 3.53. The lowest BCUT2D eigenvalue weighted by atomic mass is 10.0. The van der Waals surface area contributed by atoms with Crippen LogP contribution in [0.25, 0.3) is 11.1 Å². The van der Waals surface area contributed by atoms with Gasteiger partial charge < -0.3 is 9.64 Å². The zero-order valence-corrected chi connectivity index (χ0v) is 14.1. The molecule has 0 amide bonds. The highest BCUT2D eigenvalue weighted by molar-refractivity contribution is 5.68. The molecule has 0 radical (unpaired) electrons. The molecule has 0 spiro atoms. The molecule has 1 saturated heterocycles. The highest BCUT2D eigenvalue weighted by Gasteiger charge is 2.23. The summed E-state index contributed by atoms with van der Waals surface area (Å²) in [6, 6.07) is 9.33. The maximum atomic E-state index is 14.7. The van der Waals surface area contributed by atoms with Crippen molar-refractivity contribution in [1.29, 1.82) is 0 Å². The summed E-state index contributed by atoms with van der Waals surface area (Å²) in [7, 11) is 0. The van der Waals surface area contributed by atoms with E-state index in [4.69, 9.17) is 4.74 Å². The van der Waals surface area contributed by atoms with Gasteiger partial charge >= 0.3 is 0 Å². The summed E-state index contributed by atoms with van der Waals surface area (Å²) in [4.78, 5) is 6.54. The fourth-order valence-corrected chi connectivity index (χ4v) is 3.31. The molecule has 1 aromatic heterocycles. The van der Waals surface area contributed by atoms with Crippen molar-refractivity contribution < 1.29 is 9.13 Å². The number of benzene rings is 1. The Morgan fingerprint density at radius 2 is 1.65 bits per heavy atom. The van der Waals surface area contributed by atoms with E-state index in [-0.39, 0.29) is 18.0 Å². The van der Waals surface area contributed by atoms with Crippen LogP contribution in [-0.4, -0.2) is 30.3 Å². The largest absolute Gasteiger partial charge is 0.372 e. The Bertz CT molecular complexity index is 686. The molecule has 4 heteroatoms. The van der Waals surface area contributed by atoms with Gasteiger partial charge in [-0.1, -0.05) is 0 Å². The van der Waals surface area contributed by atoms with Crippen LogP contribution in [0.4, 0.5) is 10.1 Å². The quantitative estimate of drug-likeness (QED) is 0.834. The molecule has 0 N–H and O–H groups in total. The van der Waals surface area contributed by atoms with E-state index < -0.39 is 0 Å². The monoisotopic (exact) mass is 314 g/mol. The molecular weight excluding hydrogens is 291 g/mol. The first kappa shape index (κ1) is 15.9. The minimum Gasteiger partial charge on any atom is -0.372 e. The number of rotatable bonds is 2. The smallest absolute Gasteiger partial charge is 0.133 e. The summed E-state index contributed by atoms with van der Waals surface area (Å²) < 4.78 is 20.4. The molecule has 1 fully saturated rings. The Morgan fingerprint density at radius 3 is 2.22 bits per heavy atom. The fraction of sp³-hybridized carbons (Fsp3) is 0.421. The fourth-order valence-electron chi connectivity index (χ4n) is 3.31. The molecule has 122 valence electrons. The van der Waals surface area contributed by atoms with Gasteiger partial charge in [0.25, 0.3) is 0 Å². The van der Waals surface area contributed by atoms with Gasteiger partial charge in [0.2, 0.25) is 0 Å². The van der Waals surface area contributed by atoms with Crippen LogP contribution < -0.4 is 4.90 Å². The van der Waals surface area contributed by atoms with Crippen LogP contribution in [0.15, 0.2) is 30.3 Å². The Kier molecular flexibility index (Phi) is 4.35. The van der Waals surface area contributed by atoms with Gasteiger partial charge in [-0.25, -0.2) is 4.39 Å². The molecule has 1 aliphatic rings. The zero-order valence-electron chi connectivity index (χ0n) is 14.1. The molecule has 0 bridgehead atoms. The number of ether oxygens (including phenoxy) is 1. The van der Waals surface area contributed by atoms with Crippen LogP contribution in [0.1, 0.15) is 25.2 Å². The third-order valence-corrected chi connectivity index (χ3v) is 4.13. The Balaban J connectivity index is 1.91. The van der Waals surface area contributed by atoms with Gasteiger partial charge in [-0.3, -0.25) is 4.98 Å². The van der Waals surface area contributed by atoms with Crippen LogP contribution >= 0.6 is 0 Å². The molecule has 3 nitrogen and oxygen atoms in total. The predicted molar refractivity (Wildman–Crippen MR) is 91.3 cm³/mol. The van der Waals surface area contributed by atoms with Gasteiger partial charge in [0.05, 0.1) is 12.2 Å². The van der Waals surface area contributed by atoms with Crippen LogP contribution in [0.2, 0.25) is 0 Å². The minimum atomic E-state index is -0.195. The molecule has 1 aromatic carbocycles. The predicted octanol–water partition coefficient (Wildman–Crippen LogP) is 4.12. The average molecular weight is 314 g/mol. The van der Waals surface area contributed by atoms with E-state index in [1.54, 1.807) is 6.07 Å². The molecule has 2 heterocycles. The van der Waals surface area contributed by atoms with Crippen molar-refractivity contribution in [3.63, 3.8) is 0 Å². The van der Waals surface area contributed by atoms with Gasteiger partial charge in [0.1, 0.15) is 5.82 Å². The molecule has 2 atom stereocenters. The van der Waals surface area contributed by atoms with Crippen molar-refractivity contribution in [2.24, 2.45) is 0 Å². The van der Waals surface area contributed by atoms with Crippen LogP contribution in [0.5, 0.6) is 0 Å². The summed E-state index contributed by atoms with van der Waals surface area (Å²) in [6.07, 6.45) is 0.318. The number of aryl methyl sites for hydroxylation is 2. The van der Waals surface area contributed by atoms with E-state index in [0.717, 1.165) is 35.7 Å². The SMILES string of the molecule is Cc1cc(-c2ccc(N3C[C@@H](C)O[C@@H](C)C3)cc2F)cc(C)n1. The standard InChI is InChI=1S/C19H23FN2O/c1-12-7-16(8-13(2)21-12)18-6-5-17(9-19(18)20)22-10-14(3)23-15(4)11-22/h5-9,14-15H,10-11H2,1-4H3/t14-,15+. The zero-order chi connectivity index (χ0) is 16.6. The second kappa shape index (κ2) is 6.28. The minimum absolute atomic E-state index is 0.159. The van der Waals surface area contributed by atoms with Crippen LogP contribution in [0.3, 0.4) is 0 Å². The lowest BCUT2D eigenvalue weighted by molar-refractivity contribution is -0.00523. The van der Waals surface area contributed by atoms with Gasteiger partial charge in [0.15, 0.2) is 0 Å². The van der Waals surface area contributed by atoms with Crippen molar-refractivity contribution in [3.8, 4) is 11.1 Å². The van der Waals surface area contributed by atoms with Crippen LogP contribution in [-0.2, 0) is 4.74 Å². The summed E-state index contributed by atoms with van der Waals surface area (Å²) in [5.74, 6) is -0.195. The molecule has 3 rings (SSSR count). The van der Waals surface area contributed by atoms with Crippen molar-refractivity contribution >= 4 is 5.69 Å². The second-order valence-corrected chi connectivity index (χ2v) is 6.47. The maximum Gasteiger partial charge on any atom is 0.133 e. The molecule has 2 aromatic rings. The maximum absolute atomic E-state index is 14.7. The highest BCUT2D eigenvalue weighted by atomic mass is 19.1. The highest BCUT2D eigenvalue weighted by Crippen LogP contribution is 2.29. The number of pyridine rings is 1. The number of anilines is 1. The molecule has 23 heavy (non-hydrogen) atoms. The average Bonchev–Trinajstić information content (AvgIpc) is 2.45. The number of hydrogen-bond acceptors (Lipinski definition) is 3. The summed E-state index contributed by atoms with van der Waals surface area (Å²) in [5.41, 5.74) is 4.22. The van der Waals surface area contributed by atoms with Crippen molar-refractivity contribution in [3.05, 3.63) is 47.5 Å². The van der Waals surface area contributed by atoms with E-state index in [0.29, 0.717) is 5.56 Å². The van der Waals surface area contributed by atoms with E-state index in [1.807, 2.05) is 38.1 Å². The summed E-state index contributed by atoms with van der Waals surface area (Å²) in [6.45, 7) is 9.54. The van der Waals surface area contributed by atoms with E-state index >= 15 is 0 Å². The first-order chi connectivity index (χ1) is 10.9. The van der Waals surface area contributed by atoms with Crippen LogP contribution in [0, 0.1) is 19.7 Å². The first-order valence-corrected chi connectivity index (χ1v) is 8.08. The number of hydrogen-bond donors (Lipinski definition) is 0. The van der Waals surface area contributed by atoms with Crippen molar-refractivity contribution in [2.45, 2.75) is 39.9 Å². The number of aromatic nitrogens is 1. The van der Waals surface area contributed by atoms with E-state index in [1.165, 1.54) is 0 Å². The van der Waals surface area contributed by atoms with Gasteiger partial charge in [-0.2, -0.15) is 0 Å². The Hall–Kier alpha value is -1.94. The number of nitrogens with zero attached hydrogens (tertiary/aromatic N) is 2. The Morgan fingerprint density at radius 1 is 1.04 bits per heavy atom. The molecule has 0 unspecified atom stereocenters. The molecule has 0 saturated carbocycles. The second-order valence-electron chi connectivity index (χ2n) is 6.47. The molecule has 1 aliphatic heterocycles. The Labute approximate surface area is 137 Å². The number of halogens is 1. The lowest BCUT2D eigenvalue weighted by Crippen LogP contribution is -2.45. The normalized spacial score (nSPS) is 21.5. The first-order valence-electron chi connectivity index (χ1n) is 8.08. The van der Waals surface area contributed by atoms with Gasteiger partial charge in [0, 0.05) is 35.7 Å². The lowest BCUT2D eigenvalue weighted by Gasteiger charge is -2.37. The molecular formula is C19H23FN2O. The van der Waals surface area contributed by atoms with E-state index in [2.05, 4.69) is 23.7 Å². The molecule has 0 aliphatic carbocycles.